The van der Waals surface area contributed by atoms with Crippen molar-refractivity contribution in [3.63, 3.8) is 0 Å². The van der Waals surface area contributed by atoms with E-state index in [9.17, 15) is 4.39 Å². The minimum absolute atomic E-state index is 0.535. The highest BCUT2D eigenvalue weighted by Gasteiger charge is 2.07. The average molecular weight is 178 g/mol. The molecule has 0 spiro atoms. The van der Waals surface area contributed by atoms with E-state index >= 15 is 0 Å². The molecule has 1 atom stereocenters. The Labute approximate surface area is 79.1 Å². The lowest BCUT2D eigenvalue weighted by Crippen LogP contribution is -1.91. The number of benzene rings is 1. The van der Waals surface area contributed by atoms with Gasteiger partial charge in [0.2, 0.25) is 0 Å². The maximum atomic E-state index is 13.5. The van der Waals surface area contributed by atoms with Gasteiger partial charge in [-0.2, -0.15) is 0 Å². The van der Waals surface area contributed by atoms with Crippen LogP contribution in [-0.4, -0.2) is 0 Å². The van der Waals surface area contributed by atoms with Gasteiger partial charge in [-0.3, -0.25) is 0 Å². The van der Waals surface area contributed by atoms with Crippen LogP contribution in [0, 0.1) is 6.92 Å². The van der Waals surface area contributed by atoms with Crippen molar-refractivity contribution < 1.29 is 4.39 Å². The highest BCUT2D eigenvalue weighted by molar-refractivity contribution is 5.24. The van der Waals surface area contributed by atoms with Crippen molar-refractivity contribution >= 4 is 0 Å². The van der Waals surface area contributed by atoms with Gasteiger partial charge < -0.3 is 0 Å². The number of alkyl halides is 1. The van der Waals surface area contributed by atoms with Gasteiger partial charge in [-0.15, -0.1) is 6.58 Å². The van der Waals surface area contributed by atoms with Crippen LogP contribution in [0.4, 0.5) is 4.39 Å². The third kappa shape index (κ3) is 3.02. The van der Waals surface area contributed by atoms with Crippen LogP contribution in [-0.2, 0) is 0 Å². The van der Waals surface area contributed by atoms with Crippen molar-refractivity contribution in [3.05, 3.63) is 48.0 Å². The molecular formula is C12H15F. The van der Waals surface area contributed by atoms with Gasteiger partial charge in [0.15, 0.2) is 0 Å². The fourth-order valence-electron chi connectivity index (χ4n) is 1.30. The molecule has 1 unspecified atom stereocenters. The molecule has 1 aromatic carbocycles. The summed E-state index contributed by atoms with van der Waals surface area (Å²) in [5, 5.41) is 0. The number of halogens is 1. The number of hydrogen-bond donors (Lipinski definition) is 0. The minimum atomic E-state index is -0.849. The normalized spacial score (nSPS) is 12.5. The molecule has 0 nitrogen and oxygen atoms in total. The SMILES string of the molecule is C=CCCC(F)c1cccc(C)c1. The first-order valence-corrected chi connectivity index (χ1v) is 4.55. The monoisotopic (exact) mass is 178 g/mol. The summed E-state index contributed by atoms with van der Waals surface area (Å²) in [6, 6.07) is 7.60. The van der Waals surface area contributed by atoms with E-state index in [1.165, 1.54) is 0 Å². The Kier molecular flexibility index (Phi) is 3.69. The summed E-state index contributed by atoms with van der Waals surface area (Å²) in [6.07, 6.45) is 2.17. The minimum Gasteiger partial charge on any atom is -0.242 e. The molecule has 0 amide bonds. The molecule has 0 heterocycles. The maximum absolute atomic E-state index is 13.5. The third-order valence-electron chi connectivity index (χ3n) is 2.03. The predicted molar refractivity (Wildman–Crippen MR) is 54.5 cm³/mol. The van der Waals surface area contributed by atoms with E-state index in [-0.39, 0.29) is 0 Å². The first-order chi connectivity index (χ1) is 6.24. The third-order valence-corrected chi connectivity index (χ3v) is 2.03. The molecule has 1 aromatic rings. The van der Waals surface area contributed by atoms with Gasteiger partial charge in [0.05, 0.1) is 0 Å². The smallest absolute Gasteiger partial charge is 0.125 e. The molecule has 0 saturated carbocycles. The van der Waals surface area contributed by atoms with E-state index in [2.05, 4.69) is 6.58 Å². The Morgan fingerprint density at radius 3 is 2.92 bits per heavy atom. The Morgan fingerprint density at radius 2 is 2.31 bits per heavy atom. The molecule has 0 N–H and O–H groups in total. The van der Waals surface area contributed by atoms with Crippen LogP contribution >= 0.6 is 0 Å². The molecule has 1 rings (SSSR count). The van der Waals surface area contributed by atoms with Crippen LogP contribution in [0.2, 0.25) is 0 Å². The molecule has 13 heavy (non-hydrogen) atoms. The molecule has 70 valence electrons. The molecule has 0 aliphatic heterocycles. The van der Waals surface area contributed by atoms with Gasteiger partial charge in [0.1, 0.15) is 6.17 Å². The van der Waals surface area contributed by atoms with Gasteiger partial charge in [-0.05, 0) is 25.3 Å². The number of allylic oxidation sites excluding steroid dienone is 1. The molecule has 0 radical (unpaired) electrons. The zero-order valence-electron chi connectivity index (χ0n) is 7.96. The number of aryl methyl sites for hydroxylation is 1. The van der Waals surface area contributed by atoms with Crippen LogP contribution in [0.5, 0.6) is 0 Å². The van der Waals surface area contributed by atoms with Crippen LogP contribution in [0.1, 0.15) is 30.1 Å². The lowest BCUT2D eigenvalue weighted by Gasteiger charge is -2.07. The Hall–Kier alpha value is -1.11. The first kappa shape index (κ1) is 9.97. The molecular weight excluding hydrogens is 163 g/mol. The van der Waals surface area contributed by atoms with E-state index < -0.39 is 6.17 Å². The quantitative estimate of drug-likeness (QED) is 0.612. The van der Waals surface area contributed by atoms with E-state index in [1.807, 2.05) is 31.2 Å². The second-order valence-electron chi connectivity index (χ2n) is 3.25. The zero-order chi connectivity index (χ0) is 9.68. The van der Waals surface area contributed by atoms with E-state index in [0.29, 0.717) is 6.42 Å². The lowest BCUT2D eigenvalue weighted by molar-refractivity contribution is 0.325. The van der Waals surface area contributed by atoms with Crippen LogP contribution < -0.4 is 0 Å². The zero-order valence-corrected chi connectivity index (χ0v) is 7.96. The average Bonchev–Trinajstić information content (AvgIpc) is 2.14. The number of rotatable bonds is 4. The van der Waals surface area contributed by atoms with Gasteiger partial charge in [0.25, 0.3) is 0 Å². The predicted octanol–water partition coefficient (Wildman–Crippen LogP) is 3.97. The van der Waals surface area contributed by atoms with Gasteiger partial charge in [-0.1, -0.05) is 35.9 Å². The van der Waals surface area contributed by atoms with Crippen molar-refractivity contribution in [2.24, 2.45) is 0 Å². The summed E-state index contributed by atoms with van der Waals surface area (Å²) in [5.41, 5.74) is 1.89. The Bertz CT molecular complexity index is 278. The fraction of sp³-hybridized carbons (Fsp3) is 0.333. The van der Waals surface area contributed by atoms with Crippen molar-refractivity contribution in [1.82, 2.24) is 0 Å². The highest BCUT2D eigenvalue weighted by atomic mass is 19.1. The van der Waals surface area contributed by atoms with Crippen LogP contribution in [0.3, 0.4) is 0 Å². The van der Waals surface area contributed by atoms with E-state index in [0.717, 1.165) is 17.5 Å². The molecule has 0 bridgehead atoms. The summed E-state index contributed by atoms with van der Waals surface area (Å²) < 4.78 is 13.5. The molecule has 0 aliphatic rings. The molecule has 1 heteroatoms. The standard InChI is InChI=1S/C12H15F/c1-3-4-8-12(13)11-7-5-6-10(2)9-11/h3,5-7,9,12H,1,4,8H2,2H3. The van der Waals surface area contributed by atoms with Gasteiger partial charge >= 0.3 is 0 Å². The molecule has 0 aliphatic carbocycles. The maximum Gasteiger partial charge on any atom is 0.125 e. The van der Waals surface area contributed by atoms with Crippen molar-refractivity contribution in [1.29, 1.82) is 0 Å². The van der Waals surface area contributed by atoms with Crippen LogP contribution in [0.25, 0.3) is 0 Å². The molecule has 0 fully saturated rings. The summed E-state index contributed by atoms with van der Waals surface area (Å²) in [7, 11) is 0. The topological polar surface area (TPSA) is 0 Å². The lowest BCUT2D eigenvalue weighted by atomic mass is 10.0. The van der Waals surface area contributed by atoms with Crippen molar-refractivity contribution in [3.8, 4) is 0 Å². The summed E-state index contributed by atoms with van der Waals surface area (Å²) in [4.78, 5) is 0. The van der Waals surface area contributed by atoms with Gasteiger partial charge in [-0.25, -0.2) is 4.39 Å². The molecule has 0 aromatic heterocycles. The summed E-state index contributed by atoms with van der Waals surface area (Å²) in [5.74, 6) is 0. The van der Waals surface area contributed by atoms with Gasteiger partial charge in [0, 0.05) is 0 Å². The van der Waals surface area contributed by atoms with Crippen LogP contribution in [0.15, 0.2) is 36.9 Å². The van der Waals surface area contributed by atoms with E-state index in [4.69, 9.17) is 0 Å². The number of hydrogen-bond acceptors (Lipinski definition) is 0. The second kappa shape index (κ2) is 4.80. The largest absolute Gasteiger partial charge is 0.242 e. The Balaban J connectivity index is 2.65. The first-order valence-electron chi connectivity index (χ1n) is 4.55. The highest BCUT2D eigenvalue weighted by Crippen LogP contribution is 2.23. The fourth-order valence-corrected chi connectivity index (χ4v) is 1.30. The molecule has 0 saturated heterocycles. The Morgan fingerprint density at radius 1 is 1.54 bits per heavy atom. The summed E-state index contributed by atoms with van der Waals surface area (Å²) >= 11 is 0. The second-order valence-corrected chi connectivity index (χ2v) is 3.25. The van der Waals surface area contributed by atoms with Crippen molar-refractivity contribution in [2.45, 2.75) is 25.9 Å². The van der Waals surface area contributed by atoms with E-state index in [1.54, 1.807) is 6.08 Å². The van der Waals surface area contributed by atoms with Crippen molar-refractivity contribution in [2.75, 3.05) is 0 Å². The summed E-state index contributed by atoms with van der Waals surface area (Å²) in [6.45, 7) is 5.55.